The van der Waals surface area contributed by atoms with Crippen molar-refractivity contribution in [3.63, 3.8) is 0 Å². The van der Waals surface area contributed by atoms with Crippen molar-refractivity contribution < 1.29 is 35.5 Å². The van der Waals surface area contributed by atoms with Crippen molar-refractivity contribution in [2.24, 2.45) is 0 Å². The van der Waals surface area contributed by atoms with Crippen LogP contribution in [0.4, 0.5) is 17.6 Å². The van der Waals surface area contributed by atoms with Crippen molar-refractivity contribution in [3.05, 3.63) is 75.5 Å². The second-order valence-electron chi connectivity index (χ2n) is 9.16. The number of ether oxygens (including phenoxy) is 1. The number of aldehydes is 1. The molecule has 0 bridgehead atoms. The monoisotopic (exact) mass is 565 g/mol. The fourth-order valence-electron chi connectivity index (χ4n) is 4.52. The predicted octanol–water partition coefficient (Wildman–Crippen LogP) is 5.30. The van der Waals surface area contributed by atoms with Gasteiger partial charge in [-0.15, -0.1) is 0 Å². The molecule has 0 amide bonds. The molecule has 1 fully saturated rings. The average molecular weight is 566 g/mol. The Hall–Kier alpha value is -2.14. The van der Waals surface area contributed by atoms with Gasteiger partial charge in [0.2, 0.25) is 5.60 Å². The van der Waals surface area contributed by atoms with E-state index in [4.69, 9.17) is 27.9 Å². The molecular weight excluding hydrogens is 545 g/mol. The van der Waals surface area contributed by atoms with Crippen molar-refractivity contribution >= 4 is 44.9 Å². The number of carbonyl (C=O) groups is 1. The van der Waals surface area contributed by atoms with Crippen molar-refractivity contribution in [2.75, 3.05) is 25.1 Å². The number of benzene rings is 2. The first kappa shape index (κ1) is 26.9. The van der Waals surface area contributed by atoms with Gasteiger partial charge >= 0.3 is 6.18 Å². The second kappa shape index (κ2) is 9.31. The lowest BCUT2D eigenvalue weighted by molar-refractivity contribution is -0.260. The van der Waals surface area contributed by atoms with Crippen LogP contribution in [-0.2, 0) is 30.6 Å². The maximum absolute atomic E-state index is 15.4. The molecule has 0 aromatic heterocycles. The van der Waals surface area contributed by atoms with Gasteiger partial charge in [0.15, 0.2) is 5.67 Å². The normalized spacial score (nSPS) is 22.9. The molecule has 36 heavy (non-hydrogen) atoms. The Bertz CT molecular complexity index is 1290. The van der Waals surface area contributed by atoms with Crippen LogP contribution in [0.3, 0.4) is 0 Å². The average Bonchev–Trinajstić information content (AvgIpc) is 3.21. The molecule has 2 heterocycles. The van der Waals surface area contributed by atoms with Gasteiger partial charge in [0.1, 0.15) is 16.1 Å². The highest BCUT2D eigenvalue weighted by Gasteiger charge is 2.60. The van der Waals surface area contributed by atoms with Crippen LogP contribution in [0.1, 0.15) is 23.1 Å². The molecule has 2 atom stereocenters. The first-order chi connectivity index (χ1) is 16.7. The first-order valence-corrected chi connectivity index (χ1v) is 13.5. The molecule has 0 radical (unpaired) electrons. The Labute approximate surface area is 215 Å². The van der Waals surface area contributed by atoms with Crippen molar-refractivity contribution in [1.82, 2.24) is 4.90 Å². The lowest BCUT2D eigenvalue weighted by Crippen LogP contribution is -2.61. The van der Waals surface area contributed by atoms with E-state index in [1.807, 2.05) is 0 Å². The summed E-state index contributed by atoms with van der Waals surface area (Å²) in [7, 11) is -3.43. The standard InChI is InChI=1S/C24H21Cl2F4NO4S/c1-36(33,34)12-21(10-32)31-13-22(27,14-31)17-4-2-15(3-5-17)16-9-23(35-11-16,24(28,29)30)18-6-19(25)8-20(26)7-18/h2-8,10-11,21H,9,12-14H2,1H3. The van der Waals surface area contributed by atoms with Gasteiger partial charge in [-0.25, -0.2) is 12.8 Å². The Morgan fingerprint density at radius 3 is 2.17 bits per heavy atom. The van der Waals surface area contributed by atoms with E-state index in [0.29, 0.717) is 11.8 Å². The molecule has 2 aromatic rings. The van der Waals surface area contributed by atoms with Gasteiger partial charge in [-0.2, -0.15) is 13.2 Å². The summed E-state index contributed by atoms with van der Waals surface area (Å²) in [5, 5.41) is 0.0809. The van der Waals surface area contributed by atoms with Gasteiger partial charge < -0.3 is 9.53 Å². The fraction of sp³-hybridized carbons (Fsp3) is 0.375. The van der Waals surface area contributed by atoms with Crippen LogP contribution in [0.2, 0.25) is 10.0 Å². The van der Waals surface area contributed by atoms with Gasteiger partial charge in [-0.3, -0.25) is 4.90 Å². The van der Waals surface area contributed by atoms with Crippen LogP contribution in [0.25, 0.3) is 5.57 Å². The van der Waals surface area contributed by atoms with Crippen LogP contribution in [0.15, 0.2) is 48.7 Å². The van der Waals surface area contributed by atoms with Crippen molar-refractivity contribution in [3.8, 4) is 0 Å². The number of halogens is 6. The predicted molar refractivity (Wildman–Crippen MR) is 128 cm³/mol. The number of sulfone groups is 1. The molecule has 2 unspecified atom stereocenters. The van der Waals surface area contributed by atoms with Gasteiger partial charge in [0, 0.05) is 41.4 Å². The molecular formula is C24H21Cl2F4NO4S. The van der Waals surface area contributed by atoms with E-state index in [1.54, 1.807) is 0 Å². The van der Waals surface area contributed by atoms with Crippen molar-refractivity contribution in [1.29, 1.82) is 0 Å². The van der Waals surface area contributed by atoms with Gasteiger partial charge in [-0.05, 0) is 34.9 Å². The molecule has 194 valence electrons. The van der Waals surface area contributed by atoms with E-state index >= 15 is 4.39 Å². The number of nitrogens with zero attached hydrogens (tertiary/aromatic N) is 1. The van der Waals surface area contributed by atoms with E-state index in [9.17, 15) is 26.4 Å². The lowest BCUT2D eigenvalue weighted by Gasteiger charge is -2.47. The molecule has 2 aromatic carbocycles. The maximum atomic E-state index is 15.4. The quantitative estimate of drug-likeness (QED) is 0.336. The topological polar surface area (TPSA) is 63.7 Å². The SMILES string of the molecule is CS(=O)(=O)CC(C=O)N1CC(F)(c2ccc(C3=COC(c4cc(Cl)cc(Cl)c4)(C(F)(F)F)C3)cc2)C1. The minimum Gasteiger partial charge on any atom is -0.480 e. The summed E-state index contributed by atoms with van der Waals surface area (Å²) in [5.41, 5.74) is -3.77. The summed E-state index contributed by atoms with van der Waals surface area (Å²) in [6, 6.07) is 8.62. The summed E-state index contributed by atoms with van der Waals surface area (Å²) in [4.78, 5) is 12.7. The minimum atomic E-state index is -4.78. The molecule has 12 heteroatoms. The van der Waals surface area contributed by atoms with Crippen molar-refractivity contribution in [2.45, 2.75) is 29.9 Å². The lowest BCUT2D eigenvalue weighted by atomic mass is 9.84. The van der Waals surface area contributed by atoms with E-state index in [2.05, 4.69) is 0 Å². The molecule has 0 spiro atoms. The summed E-state index contributed by atoms with van der Waals surface area (Å²) < 4.78 is 86.2. The zero-order valence-electron chi connectivity index (χ0n) is 18.9. The number of hydrogen-bond acceptors (Lipinski definition) is 5. The molecule has 2 aliphatic rings. The highest BCUT2D eigenvalue weighted by molar-refractivity contribution is 7.90. The van der Waals surface area contributed by atoms with E-state index in [0.717, 1.165) is 24.7 Å². The van der Waals surface area contributed by atoms with Crippen LogP contribution >= 0.6 is 23.2 Å². The van der Waals surface area contributed by atoms with Crippen LogP contribution in [0.5, 0.6) is 0 Å². The van der Waals surface area contributed by atoms with Crippen LogP contribution in [0, 0.1) is 0 Å². The van der Waals surface area contributed by atoms with Crippen LogP contribution in [-0.4, -0.2) is 56.9 Å². The smallest absolute Gasteiger partial charge is 0.432 e. The molecule has 4 rings (SSSR count). The van der Waals surface area contributed by atoms with Gasteiger partial charge in [0.05, 0.1) is 18.1 Å². The summed E-state index contributed by atoms with van der Waals surface area (Å²) in [6.07, 6.45) is -2.80. The van der Waals surface area contributed by atoms with Gasteiger partial charge in [0.25, 0.3) is 0 Å². The molecule has 0 N–H and O–H groups in total. The molecule has 2 aliphatic heterocycles. The summed E-state index contributed by atoms with van der Waals surface area (Å²) in [5.74, 6) is -0.404. The van der Waals surface area contributed by atoms with E-state index in [1.165, 1.54) is 35.2 Å². The Balaban J connectivity index is 1.51. The molecule has 0 aliphatic carbocycles. The minimum absolute atomic E-state index is 0.0404. The third kappa shape index (κ3) is 5.14. The third-order valence-electron chi connectivity index (χ3n) is 6.41. The van der Waals surface area contributed by atoms with E-state index in [-0.39, 0.29) is 39.8 Å². The maximum Gasteiger partial charge on any atom is 0.432 e. The zero-order valence-corrected chi connectivity index (χ0v) is 21.2. The number of rotatable bonds is 7. The number of hydrogen-bond donors (Lipinski definition) is 0. The fourth-order valence-corrected chi connectivity index (χ4v) is 5.96. The summed E-state index contributed by atoms with van der Waals surface area (Å²) in [6.45, 7) is -0.354. The molecule has 1 saturated heterocycles. The number of carbonyl (C=O) groups excluding carboxylic acids is 1. The molecule has 0 saturated carbocycles. The highest BCUT2D eigenvalue weighted by atomic mass is 35.5. The Morgan fingerprint density at radius 2 is 1.67 bits per heavy atom. The summed E-state index contributed by atoms with van der Waals surface area (Å²) >= 11 is 11.9. The molecule has 5 nitrogen and oxygen atoms in total. The number of alkyl halides is 4. The second-order valence-corrected chi connectivity index (χ2v) is 12.2. The highest BCUT2D eigenvalue weighted by Crippen LogP contribution is 2.53. The Morgan fingerprint density at radius 1 is 1.08 bits per heavy atom. The van der Waals surface area contributed by atoms with Gasteiger partial charge in [-0.1, -0.05) is 47.5 Å². The van der Waals surface area contributed by atoms with Crippen LogP contribution < -0.4 is 0 Å². The largest absolute Gasteiger partial charge is 0.480 e. The van der Waals surface area contributed by atoms with E-state index < -0.39 is 45.5 Å². The first-order valence-electron chi connectivity index (χ1n) is 10.7. The number of likely N-dealkylation sites (tertiary alicyclic amines) is 1. The zero-order chi connectivity index (χ0) is 26.5. The third-order valence-corrected chi connectivity index (χ3v) is 7.79. The Kier molecular flexibility index (Phi) is 6.96.